The Morgan fingerprint density at radius 1 is 1.43 bits per heavy atom. The summed E-state index contributed by atoms with van der Waals surface area (Å²) in [4.78, 5) is 22.4. The second-order valence-electron chi connectivity index (χ2n) is 4.49. The molecule has 0 bridgehead atoms. The molecule has 1 aromatic carbocycles. The molecule has 0 aliphatic heterocycles. The second kappa shape index (κ2) is 6.36. The first kappa shape index (κ1) is 15.0. The maximum absolute atomic E-state index is 11.9. The zero-order chi connectivity index (χ0) is 15.4. The van der Waals surface area contributed by atoms with E-state index in [-0.39, 0.29) is 18.9 Å². The van der Waals surface area contributed by atoms with Crippen molar-refractivity contribution >= 4 is 29.2 Å². The lowest BCUT2D eigenvalue weighted by molar-refractivity contribution is -0.136. The number of amides is 1. The number of halogens is 1. The van der Waals surface area contributed by atoms with Gasteiger partial charge in [0, 0.05) is 16.9 Å². The van der Waals surface area contributed by atoms with Crippen molar-refractivity contribution in [1.82, 2.24) is 15.0 Å². The number of nitrogens with one attached hydrogen (secondary N) is 1. The Morgan fingerprint density at radius 3 is 2.86 bits per heavy atom. The first-order chi connectivity index (χ1) is 9.94. The molecule has 0 saturated heterocycles. The molecule has 1 heterocycles. The fourth-order valence-corrected chi connectivity index (χ4v) is 1.85. The highest BCUT2D eigenvalue weighted by Gasteiger charge is 2.09. The molecule has 0 aliphatic carbocycles. The Labute approximate surface area is 125 Å². The maximum atomic E-state index is 11.9. The molecule has 0 atom stereocenters. The number of carboxylic acids is 1. The van der Waals surface area contributed by atoms with Gasteiger partial charge in [-0.1, -0.05) is 22.9 Å². The first-order valence-corrected chi connectivity index (χ1v) is 6.48. The molecule has 2 aromatic rings. The van der Waals surface area contributed by atoms with Crippen LogP contribution in [0.25, 0.3) is 0 Å². The fourth-order valence-electron chi connectivity index (χ4n) is 1.67. The second-order valence-corrected chi connectivity index (χ2v) is 4.90. The molecule has 8 heteroatoms. The Bertz CT molecular complexity index is 684. The summed E-state index contributed by atoms with van der Waals surface area (Å²) >= 11 is 5.97. The lowest BCUT2D eigenvalue weighted by Crippen LogP contribution is -2.19. The van der Waals surface area contributed by atoms with Crippen molar-refractivity contribution in [1.29, 1.82) is 0 Å². The third-order valence-electron chi connectivity index (χ3n) is 2.68. The highest BCUT2D eigenvalue weighted by Crippen LogP contribution is 2.19. The van der Waals surface area contributed by atoms with E-state index in [0.29, 0.717) is 16.4 Å². The number of carboxylic acid groups (broad SMARTS) is 1. The van der Waals surface area contributed by atoms with E-state index < -0.39 is 5.97 Å². The van der Waals surface area contributed by atoms with Gasteiger partial charge in [-0.3, -0.25) is 9.59 Å². The lowest BCUT2D eigenvalue weighted by atomic mass is 10.2. The Kier molecular flexibility index (Phi) is 4.54. The molecule has 2 N–H and O–H groups in total. The van der Waals surface area contributed by atoms with Gasteiger partial charge in [0.1, 0.15) is 6.54 Å². The van der Waals surface area contributed by atoms with Gasteiger partial charge in [0.25, 0.3) is 0 Å². The Morgan fingerprint density at radius 2 is 2.19 bits per heavy atom. The molecule has 0 radical (unpaired) electrons. The van der Waals surface area contributed by atoms with E-state index in [1.807, 2.05) is 6.92 Å². The quantitative estimate of drug-likeness (QED) is 0.872. The normalized spacial score (nSPS) is 10.4. The van der Waals surface area contributed by atoms with Crippen LogP contribution < -0.4 is 5.32 Å². The minimum Gasteiger partial charge on any atom is -0.481 e. The largest absolute Gasteiger partial charge is 0.481 e. The smallest absolute Gasteiger partial charge is 0.309 e. The van der Waals surface area contributed by atoms with Gasteiger partial charge in [-0.25, -0.2) is 4.68 Å². The van der Waals surface area contributed by atoms with Gasteiger partial charge in [-0.05, 0) is 24.6 Å². The van der Waals surface area contributed by atoms with E-state index in [0.717, 1.165) is 5.56 Å². The maximum Gasteiger partial charge on any atom is 0.309 e. The molecule has 0 fully saturated rings. The summed E-state index contributed by atoms with van der Waals surface area (Å²) in [7, 11) is 0. The van der Waals surface area contributed by atoms with Crippen molar-refractivity contribution in [2.24, 2.45) is 0 Å². The van der Waals surface area contributed by atoms with Crippen molar-refractivity contribution in [3.63, 3.8) is 0 Å². The standard InChI is InChI=1S/C13H13ClN4O3/c1-8-2-3-9(4-11(8)14)15-12(19)7-18-6-10(16-17-18)5-13(20)21/h2-4,6H,5,7H2,1H3,(H,15,19)(H,20,21). The van der Waals surface area contributed by atoms with Crippen LogP contribution in [-0.4, -0.2) is 32.0 Å². The van der Waals surface area contributed by atoms with Crippen molar-refractivity contribution in [2.75, 3.05) is 5.32 Å². The third-order valence-corrected chi connectivity index (χ3v) is 3.09. The molecule has 21 heavy (non-hydrogen) atoms. The summed E-state index contributed by atoms with van der Waals surface area (Å²) < 4.78 is 1.28. The molecular formula is C13H13ClN4O3. The van der Waals surface area contributed by atoms with Gasteiger partial charge in [0.15, 0.2) is 0 Å². The van der Waals surface area contributed by atoms with Crippen molar-refractivity contribution < 1.29 is 14.7 Å². The summed E-state index contributed by atoms with van der Waals surface area (Å²) in [6, 6.07) is 5.21. The van der Waals surface area contributed by atoms with Gasteiger partial charge in [-0.2, -0.15) is 0 Å². The number of rotatable bonds is 5. The zero-order valence-electron chi connectivity index (χ0n) is 11.2. The minimum absolute atomic E-state index is 0.0574. The van der Waals surface area contributed by atoms with Crippen LogP contribution in [0.2, 0.25) is 5.02 Å². The van der Waals surface area contributed by atoms with Crippen LogP contribution >= 0.6 is 11.6 Å². The molecule has 110 valence electrons. The lowest BCUT2D eigenvalue weighted by Gasteiger charge is -2.06. The number of aromatic nitrogens is 3. The van der Waals surface area contributed by atoms with Gasteiger partial charge in [-0.15, -0.1) is 5.10 Å². The number of carbonyl (C=O) groups is 2. The van der Waals surface area contributed by atoms with Crippen LogP contribution in [-0.2, 0) is 22.6 Å². The average Bonchev–Trinajstić information content (AvgIpc) is 2.80. The topological polar surface area (TPSA) is 97.1 Å². The highest BCUT2D eigenvalue weighted by molar-refractivity contribution is 6.31. The van der Waals surface area contributed by atoms with E-state index in [4.69, 9.17) is 16.7 Å². The molecular weight excluding hydrogens is 296 g/mol. The van der Waals surface area contributed by atoms with Gasteiger partial charge in [0.05, 0.1) is 12.1 Å². The predicted octanol–water partition coefficient (Wildman–Crippen LogP) is 1.51. The molecule has 2 rings (SSSR count). The molecule has 7 nitrogen and oxygen atoms in total. The number of hydrogen-bond acceptors (Lipinski definition) is 4. The number of carbonyl (C=O) groups excluding carboxylic acids is 1. The molecule has 0 aliphatic rings. The Hall–Kier alpha value is -2.41. The Balaban J connectivity index is 1.96. The fraction of sp³-hybridized carbons (Fsp3) is 0.231. The van der Waals surface area contributed by atoms with Gasteiger partial charge < -0.3 is 10.4 Å². The molecule has 0 saturated carbocycles. The van der Waals surface area contributed by atoms with Crippen LogP contribution in [0.1, 0.15) is 11.3 Å². The number of anilines is 1. The third kappa shape index (κ3) is 4.28. The number of aliphatic carboxylic acids is 1. The zero-order valence-corrected chi connectivity index (χ0v) is 12.0. The summed E-state index contributed by atoms with van der Waals surface area (Å²) in [5.74, 6) is -1.30. The van der Waals surface area contributed by atoms with Crippen LogP contribution in [0.3, 0.4) is 0 Å². The van der Waals surface area contributed by atoms with Gasteiger partial charge >= 0.3 is 5.97 Å². The van der Waals surface area contributed by atoms with E-state index in [1.165, 1.54) is 10.9 Å². The summed E-state index contributed by atoms with van der Waals surface area (Å²) in [6.07, 6.45) is 1.20. The van der Waals surface area contributed by atoms with E-state index in [1.54, 1.807) is 18.2 Å². The molecule has 0 unspecified atom stereocenters. The first-order valence-electron chi connectivity index (χ1n) is 6.11. The average molecular weight is 309 g/mol. The number of nitrogens with zero attached hydrogens (tertiary/aromatic N) is 3. The van der Waals surface area contributed by atoms with Crippen LogP contribution in [0, 0.1) is 6.92 Å². The highest BCUT2D eigenvalue weighted by atomic mass is 35.5. The van der Waals surface area contributed by atoms with Crippen LogP contribution in [0.15, 0.2) is 24.4 Å². The number of hydrogen-bond donors (Lipinski definition) is 2. The molecule has 1 aromatic heterocycles. The van der Waals surface area contributed by atoms with E-state index in [2.05, 4.69) is 15.6 Å². The predicted molar refractivity (Wildman–Crippen MR) is 76.2 cm³/mol. The monoisotopic (exact) mass is 308 g/mol. The number of aryl methyl sites for hydroxylation is 1. The van der Waals surface area contributed by atoms with E-state index in [9.17, 15) is 9.59 Å². The summed E-state index contributed by atoms with van der Waals surface area (Å²) in [6.45, 7) is 1.81. The van der Waals surface area contributed by atoms with Crippen molar-refractivity contribution in [3.05, 3.63) is 40.7 Å². The van der Waals surface area contributed by atoms with Crippen molar-refractivity contribution in [2.45, 2.75) is 19.9 Å². The van der Waals surface area contributed by atoms with Gasteiger partial charge in [0.2, 0.25) is 5.91 Å². The summed E-state index contributed by atoms with van der Waals surface area (Å²) in [5, 5.41) is 19.3. The summed E-state index contributed by atoms with van der Waals surface area (Å²) in [5.41, 5.74) is 1.81. The minimum atomic E-state index is -0.999. The molecule has 0 spiro atoms. The SMILES string of the molecule is Cc1ccc(NC(=O)Cn2cc(CC(=O)O)nn2)cc1Cl. The molecule has 1 amide bonds. The number of benzene rings is 1. The van der Waals surface area contributed by atoms with Crippen LogP contribution in [0.5, 0.6) is 0 Å². The van der Waals surface area contributed by atoms with Crippen LogP contribution in [0.4, 0.5) is 5.69 Å². The van der Waals surface area contributed by atoms with Crippen molar-refractivity contribution in [3.8, 4) is 0 Å². The van der Waals surface area contributed by atoms with E-state index >= 15 is 0 Å².